The van der Waals surface area contributed by atoms with E-state index in [2.05, 4.69) is 52.3 Å². The lowest BCUT2D eigenvalue weighted by atomic mass is 9.86. The van der Waals surface area contributed by atoms with E-state index in [1.54, 1.807) is 0 Å². The molecule has 2 atom stereocenters. The van der Waals surface area contributed by atoms with Crippen LogP contribution in [0.2, 0.25) is 0 Å². The summed E-state index contributed by atoms with van der Waals surface area (Å²) in [5.41, 5.74) is 1.38. The molecule has 2 fully saturated rings. The number of rotatable bonds is 6. The topological polar surface area (TPSA) is 43.8 Å². The average Bonchev–Trinajstić information content (AvgIpc) is 3.21. The Balaban J connectivity index is 1.48. The fraction of sp³-hybridized carbons (Fsp3) is 0.522. The maximum atomic E-state index is 11.2. The van der Waals surface area contributed by atoms with Gasteiger partial charge in [-0.15, -0.1) is 0 Å². The van der Waals surface area contributed by atoms with Gasteiger partial charge in [-0.25, -0.2) is 0 Å². The zero-order valence-electron chi connectivity index (χ0n) is 16.0. The molecule has 27 heavy (non-hydrogen) atoms. The second kappa shape index (κ2) is 8.41. The van der Waals surface area contributed by atoms with E-state index in [1.807, 2.05) is 0 Å². The Hall–Kier alpha value is -1.91. The summed E-state index contributed by atoms with van der Waals surface area (Å²) >= 11 is 0. The maximum Gasteiger partial charge on any atom is 0.303 e. The van der Waals surface area contributed by atoms with Crippen LogP contribution in [0.1, 0.15) is 37.7 Å². The van der Waals surface area contributed by atoms with Crippen molar-refractivity contribution >= 4 is 16.7 Å². The highest BCUT2D eigenvalue weighted by molar-refractivity contribution is 5.85. The number of carbonyl (C=O) groups is 1. The molecule has 0 unspecified atom stereocenters. The summed E-state index contributed by atoms with van der Waals surface area (Å²) < 4.78 is 0. The number of carboxylic acids is 1. The van der Waals surface area contributed by atoms with E-state index in [0.717, 1.165) is 32.5 Å². The summed E-state index contributed by atoms with van der Waals surface area (Å²) in [6.07, 6.45) is 4.83. The molecular weight excluding hydrogens is 336 g/mol. The van der Waals surface area contributed by atoms with Gasteiger partial charge >= 0.3 is 5.97 Å². The number of aliphatic carboxylic acids is 1. The molecule has 4 rings (SSSR count). The highest BCUT2D eigenvalue weighted by Gasteiger charge is 2.34. The number of carboxylic acid groups (broad SMARTS) is 1. The zero-order valence-corrected chi connectivity index (χ0v) is 16.0. The summed E-state index contributed by atoms with van der Waals surface area (Å²) in [6, 6.07) is 15.7. The zero-order chi connectivity index (χ0) is 18.6. The number of piperidine rings is 1. The summed E-state index contributed by atoms with van der Waals surface area (Å²) in [7, 11) is 0. The Kier molecular flexibility index (Phi) is 5.74. The largest absolute Gasteiger partial charge is 0.481 e. The van der Waals surface area contributed by atoms with Crippen LogP contribution >= 0.6 is 0 Å². The third kappa shape index (κ3) is 4.33. The van der Waals surface area contributed by atoms with Crippen molar-refractivity contribution in [3.63, 3.8) is 0 Å². The van der Waals surface area contributed by atoms with Gasteiger partial charge in [-0.2, -0.15) is 0 Å². The molecule has 0 amide bonds. The third-order valence-electron chi connectivity index (χ3n) is 6.39. The fourth-order valence-corrected chi connectivity index (χ4v) is 5.06. The van der Waals surface area contributed by atoms with Gasteiger partial charge in [-0.3, -0.25) is 9.69 Å². The van der Waals surface area contributed by atoms with Crippen LogP contribution in [-0.2, 0) is 11.3 Å². The van der Waals surface area contributed by atoms with Crippen LogP contribution < -0.4 is 0 Å². The highest BCUT2D eigenvalue weighted by Crippen LogP contribution is 2.30. The quantitative estimate of drug-likeness (QED) is 0.839. The van der Waals surface area contributed by atoms with E-state index < -0.39 is 5.97 Å². The van der Waals surface area contributed by atoms with Crippen molar-refractivity contribution in [2.45, 2.75) is 44.7 Å². The first kappa shape index (κ1) is 18.5. The van der Waals surface area contributed by atoms with Crippen LogP contribution in [0.3, 0.4) is 0 Å². The minimum Gasteiger partial charge on any atom is -0.481 e. The monoisotopic (exact) mass is 366 g/mol. The van der Waals surface area contributed by atoms with Gasteiger partial charge in [0.2, 0.25) is 0 Å². The average molecular weight is 367 g/mol. The van der Waals surface area contributed by atoms with Crippen LogP contribution in [0.4, 0.5) is 0 Å². The fourth-order valence-electron chi connectivity index (χ4n) is 5.06. The molecule has 2 saturated heterocycles. The van der Waals surface area contributed by atoms with Crippen molar-refractivity contribution in [3.8, 4) is 0 Å². The minimum atomic E-state index is -0.665. The van der Waals surface area contributed by atoms with Gasteiger partial charge in [0, 0.05) is 25.6 Å². The van der Waals surface area contributed by atoms with Crippen LogP contribution in [0, 0.1) is 5.92 Å². The van der Waals surface area contributed by atoms with Crippen molar-refractivity contribution in [1.82, 2.24) is 9.80 Å². The molecule has 0 spiro atoms. The molecular formula is C23H30N2O2. The highest BCUT2D eigenvalue weighted by atomic mass is 16.4. The SMILES string of the molecule is O=C(O)CC[C@@H]1CN(Cc2cccc3ccccc23)CC[C@@H]1N1CCCC1. The molecule has 2 aromatic rings. The Bertz CT molecular complexity index is 780. The summed E-state index contributed by atoms with van der Waals surface area (Å²) in [6.45, 7) is 5.46. The maximum absolute atomic E-state index is 11.2. The van der Waals surface area contributed by atoms with Gasteiger partial charge in [0.1, 0.15) is 0 Å². The summed E-state index contributed by atoms with van der Waals surface area (Å²) in [5.74, 6) is -0.204. The number of hydrogen-bond acceptors (Lipinski definition) is 3. The molecule has 0 saturated carbocycles. The molecule has 0 bridgehead atoms. The predicted octanol–water partition coefficient (Wildman–Crippen LogP) is 3.99. The number of likely N-dealkylation sites (tertiary alicyclic amines) is 2. The molecule has 4 heteroatoms. The van der Waals surface area contributed by atoms with Crippen molar-refractivity contribution in [2.75, 3.05) is 26.2 Å². The number of nitrogens with zero attached hydrogens (tertiary/aromatic N) is 2. The van der Waals surface area contributed by atoms with Gasteiger partial charge < -0.3 is 10.0 Å². The first-order chi connectivity index (χ1) is 13.2. The first-order valence-corrected chi connectivity index (χ1v) is 10.4. The second-order valence-corrected chi connectivity index (χ2v) is 8.16. The smallest absolute Gasteiger partial charge is 0.303 e. The van der Waals surface area contributed by atoms with Crippen LogP contribution in [0.25, 0.3) is 10.8 Å². The minimum absolute atomic E-state index is 0.289. The van der Waals surface area contributed by atoms with Gasteiger partial charge in [0.25, 0.3) is 0 Å². The molecule has 2 aliphatic rings. The lowest BCUT2D eigenvalue weighted by Gasteiger charge is -2.43. The van der Waals surface area contributed by atoms with E-state index >= 15 is 0 Å². The molecule has 4 nitrogen and oxygen atoms in total. The third-order valence-corrected chi connectivity index (χ3v) is 6.39. The van der Waals surface area contributed by atoms with E-state index in [9.17, 15) is 9.90 Å². The lowest BCUT2D eigenvalue weighted by Crippen LogP contribution is -2.50. The van der Waals surface area contributed by atoms with Gasteiger partial charge in [0.15, 0.2) is 0 Å². The Morgan fingerprint density at radius 2 is 1.81 bits per heavy atom. The molecule has 1 N–H and O–H groups in total. The number of fused-ring (bicyclic) bond motifs is 1. The van der Waals surface area contributed by atoms with Crippen molar-refractivity contribution in [1.29, 1.82) is 0 Å². The predicted molar refractivity (Wildman–Crippen MR) is 109 cm³/mol. The van der Waals surface area contributed by atoms with Crippen molar-refractivity contribution in [2.24, 2.45) is 5.92 Å². The van der Waals surface area contributed by atoms with E-state index in [0.29, 0.717) is 12.0 Å². The molecule has 0 aromatic heterocycles. The van der Waals surface area contributed by atoms with Crippen molar-refractivity contribution in [3.05, 3.63) is 48.0 Å². The van der Waals surface area contributed by atoms with E-state index in [-0.39, 0.29) is 6.42 Å². The van der Waals surface area contributed by atoms with E-state index in [4.69, 9.17) is 0 Å². The summed E-state index contributed by atoms with van der Waals surface area (Å²) in [4.78, 5) is 16.3. The van der Waals surface area contributed by atoms with E-state index in [1.165, 1.54) is 42.3 Å². The normalized spacial score (nSPS) is 24.4. The molecule has 2 heterocycles. The first-order valence-electron chi connectivity index (χ1n) is 10.4. The molecule has 0 radical (unpaired) electrons. The van der Waals surface area contributed by atoms with Crippen LogP contribution in [0.15, 0.2) is 42.5 Å². The Morgan fingerprint density at radius 1 is 1.04 bits per heavy atom. The number of benzene rings is 2. The standard InChI is InChI=1S/C23H30N2O2/c26-23(27)11-10-20-17-24(15-12-22(20)25-13-3-4-14-25)16-19-8-5-7-18-6-1-2-9-21(18)19/h1-2,5-9,20,22H,3-4,10-17H2,(H,26,27)/t20-,22+/m1/s1. The Labute approximate surface area is 161 Å². The lowest BCUT2D eigenvalue weighted by molar-refractivity contribution is -0.137. The molecule has 2 aliphatic heterocycles. The van der Waals surface area contributed by atoms with Crippen molar-refractivity contribution < 1.29 is 9.90 Å². The molecule has 144 valence electrons. The molecule has 0 aliphatic carbocycles. The van der Waals surface area contributed by atoms with Gasteiger partial charge in [0.05, 0.1) is 0 Å². The molecule has 2 aromatic carbocycles. The van der Waals surface area contributed by atoms with Crippen LogP contribution in [0.5, 0.6) is 0 Å². The number of hydrogen-bond donors (Lipinski definition) is 1. The van der Waals surface area contributed by atoms with Crippen LogP contribution in [-0.4, -0.2) is 53.1 Å². The van der Waals surface area contributed by atoms with Gasteiger partial charge in [-0.05, 0) is 67.6 Å². The summed E-state index contributed by atoms with van der Waals surface area (Å²) in [5, 5.41) is 11.8. The second-order valence-electron chi connectivity index (χ2n) is 8.16. The van der Waals surface area contributed by atoms with Gasteiger partial charge in [-0.1, -0.05) is 42.5 Å². The Morgan fingerprint density at radius 3 is 2.63 bits per heavy atom.